The Hall–Kier alpha value is -0.490. The van der Waals surface area contributed by atoms with E-state index in [-0.39, 0.29) is 5.60 Å². The highest BCUT2D eigenvalue weighted by Crippen LogP contribution is 2.31. The lowest BCUT2D eigenvalue weighted by molar-refractivity contribution is -0.126. The molecule has 1 aliphatic heterocycles. The van der Waals surface area contributed by atoms with E-state index in [9.17, 15) is 0 Å². The Morgan fingerprint density at radius 2 is 2.20 bits per heavy atom. The molecular weight excluding hydrogens is 272 g/mol. The van der Waals surface area contributed by atoms with Crippen LogP contribution in [0.5, 0.6) is 0 Å². The molecule has 0 aliphatic carbocycles. The predicted molar refractivity (Wildman–Crippen MR) is 82.4 cm³/mol. The fourth-order valence-electron chi connectivity index (χ4n) is 3.00. The smallest absolute Gasteiger partial charge is 0.0897 e. The summed E-state index contributed by atoms with van der Waals surface area (Å²) >= 11 is 1.72. The van der Waals surface area contributed by atoms with Gasteiger partial charge in [-0.1, -0.05) is 6.92 Å². The molecule has 1 atom stereocenters. The van der Waals surface area contributed by atoms with Crippen LogP contribution in [-0.4, -0.2) is 43.0 Å². The number of nitrogens with zero attached hydrogens (tertiary/aromatic N) is 1. The van der Waals surface area contributed by atoms with Gasteiger partial charge < -0.3 is 14.8 Å². The lowest BCUT2D eigenvalue weighted by Gasteiger charge is -2.43. The monoisotopic (exact) mass is 298 g/mol. The normalized spacial score (nSPS) is 19.9. The number of nitrogens with one attached hydrogen (secondary N) is 1. The topological polar surface area (TPSA) is 43.4 Å². The van der Waals surface area contributed by atoms with E-state index in [2.05, 4.69) is 36.5 Å². The number of hydrogen-bond acceptors (Lipinski definition) is 5. The molecule has 1 unspecified atom stereocenters. The number of thiazole rings is 1. The number of likely N-dealkylation sites (N-methyl/N-ethyl adjacent to an activating group) is 1. The molecular formula is C15H26N2O2S. The molecule has 4 nitrogen and oxygen atoms in total. The summed E-state index contributed by atoms with van der Waals surface area (Å²) in [6.07, 6.45) is 2.85. The van der Waals surface area contributed by atoms with Gasteiger partial charge in [-0.3, -0.25) is 0 Å². The molecule has 0 aromatic carbocycles. The van der Waals surface area contributed by atoms with Gasteiger partial charge in [-0.15, -0.1) is 11.3 Å². The highest BCUT2D eigenvalue weighted by Gasteiger charge is 2.41. The molecule has 0 radical (unpaired) electrons. The van der Waals surface area contributed by atoms with E-state index in [1.807, 2.05) is 0 Å². The molecule has 0 spiro atoms. The van der Waals surface area contributed by atoms with Crippen molar-refractivity contribution in [1.82, 2.24) is 10.3 Å². The number of ether oxygens (including phenoxy) is 2. The first-order valence-electron chi connectivity index (χ1n) is 7.56. The minimum absolute atomic E-state index is 0.111. The van der Waals surface area contributed by atoms with Crippen molar-refractivity contribution in [3.05, 3.63) is 16.1 Å². The van der Waals surface area contributed by atoms with Gasteiger partial charge in [-0.2, -0.15) is 0 Å². The summed E-state index contributed by atoms with van der Waals surface area (Å²) in [7, 11) is 0. The first-order chi connectivity index (χ1) is 9.70. The minimum Gasteiger partial charge on any atom is -0.381 e. The standard InChI is InChI=1S/C15H26N2O2S/c1-4-16-14(10-13-11-20-12(3)17-13)15(19-5-2)6-8-18-9-7-15/h11,14,16H,4-10H2,1-3H3. The summed E-state index contributed by atoms with van der Waals surface area (Å²) in [4.78, 5) is 4.61. The summed E-state index contributed by atoms with van der Waals surface area (Å²) in [5.41, 5.74) is 1.06. The van der Waals surface area contributed by atoms with Crippen molar-refractivity contribution < 1.29 is 9.47 Å². The molecule has 114 valence electrons. The fourth-order valence-corrected chi connectivity index (χ4v) is 3.62. The summed E-state index contributed by atoms with van der Waals surface area (Å²) in [5.74, 6) is 0. The van der Waals surface area contributed by atoms with Crippen LogP contribution in [-0.2, 0) is 15.9 Å². The Kier molecular flexibility index (Phi) is 5.96. The van der Waals surface area contributed by atoms with Crippen LogP contribution in [0.3, 0.4) is 0 Å². The van der Waals surface area contributed by atoms with Crippen molar-refractivity contribution in [2.75, 3.05) is 26.4 Å². The van der Waals surface area contributed by atoms with Crippen LogP contribution in [0, 0.1) is 6.92 Å². The Labute approximate surface area is 125 Å². The van der Waals surface area contributed by atoms with Gasteiger partial charge in [0.1, 0.15) is 0 Å². The largest absolute Gasteiger partial charge is 0.381 e. The highest BCUT2D eigenvalue weighted by molar-refractivity contribution is 7.09. The van der Waals surface area contributed by atoms with Gasteiger partial charge in [0.25, 0.3) is 0 Å². The van der Waals surface area contributed by atoms with Gasteiger partial charge in [-0.05, 0) is 20.4 Å². The zero-order valence-corrected chi connectivity index (χ0v) is 13.6. The third-order valence-electron chi connectivity index (χ3n) is 3.94. The van der Waals surface area contributed by atoms with E-state index in [0.29, 0.717) is 6.04 Å². The number of aromatic nitrogens is 1. The maximum Gasteiger partial charge on any atom is 0.0897 e. The van der Waals surface area contributed by atoms with E-state index in [0.717, 1.165) is 50.6 Å². The van der Waals surface area contributed by atoms with E-state index in [1.54, 1.807) is 11.3 Å². The number of aryl methyl sites for hydroxylation is 1. The van der Waals surface area contributed by atoms with Crippen LogP contribution >= 0.6 is 11.3 Å². The van der Waals surface area contributed by atoms with Crippen LogP contribution in [0.1, 0.15) is 37.4 Å². The molecule has 1 aromatic heterocycles. The molecule has 2 rings (SSSR count). The Balaban J connectivity index is 2.14. The summed E-state index contributed by atoms with van der Waals surface area (Å²) in [6, 6.07) is 0.304. The van der Waals surface area contributed by atoms with E-state index in [4.69, 9.17) is 9.47 Å². The maximum absolute atomic E-state index is 6.20. The highest BCUT2D eigenvalue weighted by atomic mass is 32.1. The van der Waals surface area contributed by atoms with Crippen molar-refractivity contribution in [3.8, 4) is 0 Å². The van der Waals surface area contributed by atoms with Crippen molar-refractivity contribution in [2.45, 2.75) is 51.7 Å². The molecule has 1 aromatic rings. The fraction of sp³-hybridized carbons (Fsp3) is 0.800. The minimum atomic E-state index is -0.111. The molecule has 20 heavy (non-hydrogen) atoms. The molecule has 0 amide bonds. The molecule has 0 saturated carbocycles. The summed E-state index contributed by atoms with van der Waals surface area (Å²) < 4.78 is 11.7. The molecule has 5 heteroatoms. The van der Waals surface area contributed by atoms with Gasteiger partial charge >= 0.3 is 0 Å². The van der Waals surface area contributed by atoms with Crippen LogP contribution in [0.4, 0.5) is 0 Å². The summed E-state index contributed by atoms with van der Waals surface area (Å²) in [5, 5.41) is 6.92. The third-order valence-corrected chi connectivity index (χ3v) is 4.76. The maximum atomic E-state index is 6.20. The van der Waals surface area contributed by atoms with Gasteiger partial charge in [0.15, 0.2) is 0 Å². The zero-order chi connectivity index (χ0) is 14.4. The Bertz CT molecular complexity index is 397. The lowest BCUT2D eigenvalue weighted by Crippen LogP contribution is -2.56. The third kappa shape index (κ3) is 3.79. The van der Waals surface area contributed by atoms with E-state index >= 15 is 0 Å². The van der Waals surface area contributed by atoms with Crippen LogP contribution < -0.4 is 5.32 Å². The SMILES string of the molecule is CCNC(Cc1csc(C)n1)C1(OCC)CCOCC1. The molecule has 1 N–H and O–H groups in total. The second kappa shape index (κ2) is 7.50. The van der Waals surface area contributed by atoms with Crippen LogP contribution in [0.2, 0.25) is 0 Å². The van der Waals surface area contributed by atoms with Gasteiger partial charge in [-0.25, -0.2) is 4.98 Å². The first-order valence-corrected chi connectivity index (χ1v) is 8.44. The van der Waals surface area contributed by atoms with E-state index in [1.165, 1.54) is 5.69 Å². The average Bonchev–Trinajstić information content (AvgIpc) is 2.85. The van der Waals surface area contributed by atoms with Crippen molar-refractivity contribution in [2.24, 2.45) is 0 Å². The van der Waals surface area contributed by atoms with Gasteiger partial charge in [0, 0.05) is 50.5 Å². The molecule has 2 heterocycles. The molecule has 1 saturated heterocycles. The van der Waals surface area contributed by atoms with Gasteiger partial charge in [0.2, 0.25) is 0 Å². The van der Waals surface area contributed by atoms with E-state index < -0.39 is 0 Å². The van der Waals surface area contributed by atoms with Crippen LogP contribution in [0.15, 0.2) is 5.38 Å². The molecule has 1 fully saturated rings. The lowest BCUT2D eigenvalue weighted by atomic mass is 9.83. The second-order valence-electron chi connectivity index (χ2n) is 5.28. The van der Waals surface area contributed by atoms with Crippen LogP contribution in [0.25, 0.3) is 0 Å². The first kappa shape index (κ1) is 15.9. The number of hydrogen-bond donors (Lipinski definition) is 1. The Morgan fingerprint density at radius 3 is 2.75 bits per heavy atom. The quantitative estimate of drug-likeness (QED) is 0.840. The summed E-state index contributed by atoms with van der Waals surface area (Å²) in [6.45, 7) is 9.56. The predicted octanol–water partition coefficient (Wildman–Crippen LogP) is 2.56. The van der Waals surface area contributed by atoms with Crippen molar-refractivity contribution >= 4 is 11.3 Å². The number of rotatable bonds is 7. The van der Waals surface area contributed by atoms with Crippen molar-refractivity contribution in [3.63, 3.8) is 0 Å². The molecule has 0 bridgehead atoms. The Morgan fingerprint density at radius 1 is 1.45 bits per heavy atom. The van der Waals surface area contributed by atoms with Gasteiger partial charge in [0.05, 0.1) is 16.3 Å². The van der Waals surface area contributed by atoms with Crippen molar-refractivity contribution in [1.29, 1.82) is 0 Å². The second-order valence-corrected chi connectivity index (χ2v) is 6.34. The average molecular weight is 298 g/mol. The molecule has 1 aliphatic rings. The zero-order valence-electron chi connectivity index (χ0n) is 12.8.